The number of hydrogen-bond donors (Lipinski definition) is 1. The van der Waals surface area contributed by atoms with Gasteiger partial charge >= 0.3 is 0 Å². The SMILES string of the molecule is c1ccc(-c2cn3nc4c(nc3n2)[nH]c2ccccc24)cc1. The number of nitrogens with zero attached hydrogens (tertiary/aromatic N) is 4. The lowest BCUT2D eigenvalue weighted by atomic mass is 10.2. The number of rotatable bonds is 1. The molecule has 5 rings (SSSR count). The van der Waals surface area contributed by atoms with Crippen LogP contribution in [0.15, 0.2) is 60.8 Å². The van der Waals surface area contributed by atoms with Gasteiger partial charge in [0.15, 0.2) is 5.65 Å². The number of aromatic amines is 1. The van der Waals surface area contributed by atoms with Gasteiger partial charge in [-0.3, -0.25) is 0 Å². The first-order valence-corrected chi connectivity index (χ1v) is 7.08. The highest BCUT2D eigenvalue weighted by atomic mass is 15.3. The molecule has 0 amide bonds. The van der Waals surface area contributed by atoms with E-state index in [-0.39, 0.29) is 0 Å². The summed E-state index contributed by atoms with van der Waals surface area (Å²) in [7, 11) is 0. The zero-order valence-electron chi connectivity index (χ0n) is 11.6. The minimum atomic E-state index is 0.595. The topological polar surface area (TPSA) is 58.9 Å². The number of benzene rings is 2. The van der Waals surface area contributed by atoms with Gasteiger partial charge in [-0.1, -0.05) is 48.5 Å². The molecule has 1 N–H and O–H groups in total. The Kier molecular flexibility index (Phi) is 2.16. The molecule has 0 fully saturated rings. The molecule has 3 aromatic heterocycles. The molecule has 0 unspecified atom stereocenters. The van der Waals surface area contributed by atoms with Crippen molar-refractivity contribution in [2.75, 3.05) is 0 Å². The second kappa shape index (κ2) is 4.14. The monoisotopic (exact) mass is 285 g/mol. The van der Waals surface area contributed by atoms with Crippen LogP contribution in [0.3, 0.4) is 0 Å². The van der Waals surface area contributed by atoms with Crippen molar-refractivity contribution in [1.29, 1.82) is 0 Å². The van der Waals surface area contributed by atoms with Crippen molar-refractivity contribution in [3.8, 4) is 11.3 Å². The molecule has 0 bridgehead atoms. The van der Waals surface area contributed by atoms with Gasteiger partial charge in [0.05, 0.1) is 11.9 Å². The van der Waals surface area contributed by atoms with Gasteiger partial charge in [0.1, 0.15) is 5.52 Å². The lowest BCUT2D eigenvalue weighted by Crippen LogP contribution is -1.93. The van der Waals surface area contributed by atoms with E-state index in [2.05, 4.69) is 20.1 Å². The molecule has 0 aliphatic carbocycles. The Bertz CT molecular complexity index is 1120. The average molecular weight is 285 g/mol. The van der Waals surface area contributed by atoms with Crippen molar-refractivity contribution in [3.63, 3.8) is 0 Å². The van der Waals surface area contributed by atoms with Crippen molar-refractivity contribution < 1.29 is 0 Å². The van der Waals surface area contributed by atoms with Gasteiger partial charge in [-0.25, -0.2) is 9.50 Å². The maximum absolute atomic E-state index is 4.67. The minimum absolute atomic E-state index is 0.595. The Morgan fingerprint density at radius 1 is 0.864 bits per heavy atom. The Morgan fingerprint density at radius 3 is 2.59 bits per heavy atom. The van der Waals surface area contributed by atoms with Crippen LogP contribution in [0.5, 0.6) is 0 Å². The number of fused-ring (bicyclic) bond motifs is 4. The highest BCUT2D eigenvalue weighted by molar-refractivity contribution is 6.03. The molecule has 0 aliphatic heterocycles. The smallest absolute Gasteiger partial charge is 0.253 e. The highest BCUT2D eigenvalue weighted by Crippen LogP contribution is 2.23. The standard InChI is InChI=1S/C17H11N5/c1-2-6-11(7-3-1)14-10-22-17(19-14)20-16-15(21-22)12-8-4-5-9-13(12)18-16/h1-10H,(H,18,19,20). The average Bonchev–Trinajstić information content (AvgIpc) is 3.14. The summed E-state index contributed by atoms with van der Waals surface area (Å²) in [4.78, 5) is 12.5. The summed E-state index contributed by atoms with van der Waals surface area (Å²) in [6.07, 6.45) is 1.92. The summed E-state index contributed by atoms with van der Waals surface area (Å²) in [6.45, 7) is 0. The fraction of sp³-hybridized carbons (Fsp3) is 0. The molecule has 0 spiro atoms. The van der Waals surface area contributed by atoms with E-state index in [0.717, 1.165) is 33.3 Å². The van der Waals surface area contributed by atoms with Crippen LogP contribution in [0.25, 0.3) is 39.1 Å². The summed E-state index contributed by atoms with van der Waals surface area (Å²) in [5.41, 5.74) is 4.59. The fourth-order valence-corrected chi connectivity index (χ4v) is 2.76. The molecule has 0 aliphatic rings. The van der Waals surface area contributed by atoms with Crippen LogP contribution in [-0.2, 0) is 0 Å². The largest absolute Gasteiger partial charge is 0.338 e. The van der Waals surface area contributed by atoms with Crippen LogP contribution < -0.4 is 0 Å². The van der Waals surface area contributed by atoms with Crippen LogP contribution in [-0.4, -0.2) is 24.6 Å². The zero-order chi connectivity index (χ0) is 14.5. The summed E-state index contributed by atoms with van der Waals surface area (Å²) < 4.78 is 1.74. The third-order valence-electron chi connectivity index (χ3n) is 3.82. The van der Waals surface area contributed by atoms with Crippen molar-refractivity contribution in [2.24, 2.45) is 0 Å². The molecule has 0 radical (unpaired) electrons. The Balaban J connectivity index is 1.81. The lowest BCUT2D eigenvalue weighted by Gasteiger charge is -1.92. The number of imidazole rings is 1. The highest BCUT2D eigenvalue weighted by Gasteiger charge is 2.11. The van der Waals surface area contributed by atoms with E-state index in [1.165, 1.54) is 0 Å². The van der Waals surface area contributed by atoms with Crippen LogP contribution >= 0.6 is 0 Å². The molecular formula is C17H11N5. The van der Waals surface area contributed by atoms with E-state index >= 15 is 0 Å². The Hall–Kier alpha value is -3.21. The van der Waals surface area contributed by atoms with E-state index in [4.69, 9.17) is 0 Å². The molecule has 104 valence electrons. The third kappa shape index (κ3) is 1.56. The Labute approximate surface area is 125 Å². The summed E-state index contributed by atoms with van der Waals surface area (Å²) in [5, 5.41) is 5.74. The van der Waals surface area contributed by atoms with Crippen LogP contribution in [0.1, 0.15) is 0 Å². The van der Waals surface area contributed by atoms with Crippen molar-refractivity contribution in [2.45, 2.75) is 0 Å². The Morgan fingerprint density at radius 2 is 1.68 bits per heavy atom. The van der Waals surface area contributed by atoms with Gasteiger partial charge < -0.3 is 4.98 Å². The maximum atomic E-state index is 4.67. The van der Waals surface area contributed by atoms with E-state index in [1.54, 1.807) is 4.52 Å². The van der Waals surface area contributed by atoms with E-state index in [9.17, 15) is 0 Å². The van der Waals surface area contributed by atoms with Crippen LogP contribution in [0.2, 0.25) is 0 Å². The molecular weight excluding hydrogens is 274 g/mol. The lowest BCUT2D eigenvalue weighted by molar-refractivity contribution is 0.943. The molecule has 5 nitrogen and oxygen atoms in total. The number of para-hydroxylation sites is 1. The second-order valence-electron chi connectivity index (χ2n) is 5.22. The molecule has 5 heteroatoms. The van der Waals surface area contributed by atoms with E-state index < -0.39 is 0 Å². The van der Waals surface area contributed by atoms with Crippen LogP contribution in [0.4, 0.5) is 0 Å². The zero-order valence-corrected chi connectivity index (χ0v) is 11.6. The van der Waals surface area contributed by atoms with Crippen molar-refractivity contribution in [3.05, 3.63) is 60.8 Å². The number of nitrogens with one attached hydrogen (secondary N) is 1. The van der Waals surface area contributed by atoms with Gasteiger partial charge in [0.2, 0.25) is 0 Å². The molecule has 22 heavy (non-hydrogen) atoms. The third-order valence-corrected chi connectivity index (χ3v) is 3.82. The van der Waals surface area contributed by atoms with E-state index in [1.807, 2.05) is 60.8 Å². The summed E-state index contributed by atoms with van der Waals surface area (Å²) in [6, 6.07) is 18.1. The number of aromatic nitrogens is 5. The van der Waals surface area contributed by atoms with Gasteiger partial charge in [-0.05, 0) is 6.07 Å². The normalized spacial score (nSPS) is 11.6. The number of hydrogen-bond acceptors (Lipinski definition) is 3. The van der Waals surface area contributed by atoms with Gasteiger partial charge in [0.25, 0.3) is 5.78 Å². The van der Waals surface area contributed by atoms with Gasteiger partial charge in [-0.2, -0.15) is 10.1 Å². The van der Waals surface area contributed by atoms with E-state index in [0.29, 0.717) is 5.78 Å². The predicted octanol–water partition coefficient (Wildman–Crippen LogP) is 3.43. The minimum Gasteiger partial charge on any atom is -0.338 e. The first kappa shape index (κ1) is 11.4. The summed E-state index contributed by atoms with van der Waals surface area (Å²) in [5.74, 6) is 0.595. The van der Waals surface area contributed by atoms with Crippen molar-refractivity contribution in [1.82, 2.24) is 24.6 Å². The quantitative estimate of drug-likeness (QED) is 0.513. The van der Waals surface area contributed by atoms with Crippen molar-refractivity contribution >= 4 is 27.8 Å². The summed E-state index contributed by atoms with van der Waals surface area (Å²) >= 11 is 0. The first-order valence-electron chi connectivity index (χ1n) is 7.08. The molecule has 5 aromatic rings. The van der Waals surface area contributed by atoms with Crippen LogP contribution in [0, 0.1) is 0 Å². The molecule has 3 heterocycles. The fourth-order valence-electron chi connectivity index (χ4n) is 2.76. The predicted molar refractivity (Wildman–Crippen MR) is 85.6 cm³/mol. The first-order chi connectivity index (χ1) is 10.9. The second-order valence-corrected chi connectivity index (χ2v) is 5.22. The van der Waals surface area contributed by atoms with Gasteiger partial charge in [-0.15, -0.1) is 0 Å². The maximum Gasteiger partial charge on any atom is 0.253 e. The molecule has 0 saturated heterocycles. The molecule has 0 atom stereocenters. The number of H-pyrrole nitrogens is 1. The molecule has 2 aromatic carbocycles. The van der Waals surface area contributed by atoms with Gasteiger partial charge in [0, 0.05) is 16.5 Å². The molecule has 0 saturated carbocycles.